The summed E-state index contributed by atoms with van der Waals surface area (Å²) in [5.41, 5.74) is 5.45. The van der Waals surface area contributed by atoms with Crippen molar-refractivity contribution < 1.29 is 0 Å². The highest BCUT2D eigenvalue weighted by Gasteiger charge is 2.12. The third-order valence-corrected chi connectivity index (χ3v) is 4.42. The predicted octanol–water partition coefficient (Wildman–Crippen LogP) is 6.08. The first-order chi connectivity index (χ1) is 12.2. The van der Waals surface area contributed by atoms with E-state index in [0.29, 0.717) is 5.92 Å². The van der Waals surface area contributed by atoms with Gasteiger partial charge in [-0.05, 0) is 29.2 Å². The summed E-state index contributed by atoms with van der Waals surface area (Å²) < 4.78 is 0. The smallest absolute Gasteiger partial charge is 0.0926 e. The maximum atomic E-state index is 4.92. The van der Waals surface area contributed by atoms with E-state index in [1.807, 2.05) is 18.3 Å². The Labute approximate surface area is 147 Å². The van der Waals surface area contributed by atoms with Gasteiger partial charge in [0, 0.05) is 17.0 Å². The molecule has 122 valence electrons. The van der Waals surface area contributed by atoms with Crippen LogP contribution in [0.1, 0.15) is 36.6 Å². The molecule has 2 aromatic heterocycles. The number of hydrogen-bond acceptors (Lipinski definition) is 2. The van der Waals surface area contributed by atoms with E-state index in [-0.39, 0.29) is 0 Å². The van der Waals surface area contributed by atoms with E-state index in [9.17, 15) is 0 Å². The zero-order valence-corrected chi connectivity index (χ0v) is 14.5. The molecule has 2 heterocycles. The third kappa shape index (κ3) is 3.03. The van der Waals surface area contributed by atoms with E-state index in [1.54, 1.807) is 0 Å². The zero-order chi connectivity index (χ0) is 17.2. The zero-order valence-electron chi connectivity index (χ0n) is 14.5. The Morgan fingerprint density at radius 3 is 2.40 bits per heavy atom. The van der Waals surface area contributed by atoms with Crippen LogP contribution in [0.25, 0.3) is 34.0 Å². The van der Waals surface area contributed by atoms with Gasteiger partial charge < -0.3 is 0 Å². The minimum atomic E-state index is 0.338. The van der Waals surface area contributed by atoms with Crippen LogP contribution in [-0.4, -0.2) is 9.97 Å². The average Bonchev–Trinajstić information content (AvgIpc) is 2.66. The SMILES string of the molecule is CC(C)c1nc2cc(/C=C/c3ccccc3)ccc2c2cccnc12. The first kappa shape index (κ1) is 15.5. The molecule has 4 rings (SSSR count). The standard InChI is InChI=1S/C23H20N2/c1-16(2)22-23-20(9-6-14-24-23)19-13-12-18(15-21(19)25-22)11-10-17-7-4-3-5-8-17/h3-16H,1-2H3/b11-10+. The van der Waals surface area contributed by atoms with E-state index in [4.69, 9.17) is 4.98 Å². The Morgan fingerprint density at radius 1 is 0.800 bits per heavy atom. The number of nitrogens with zero attached hydrogens (tertiary/aromatic N) is 2. The quantitative estimate of drug-likeness (QED) is 0.337. The lowest BCUT2D eigenvalue weighted by Crippen LogP contribution is -1.97. The van der Waals surface area contributed by atoms with Crippen molar-refractivity contribution in [1.29, 1.82) is 0 Å². The van der Waals surface area contributed by atoms with E-state index >= 15 is 0 Å². The van der Waals surface area contributed by atoms with Gasteiger partial charge in [-0.3, -0.25) is 9.97 Å². The summed E-state index contributed by atoms with van der Waals surface area (Å²) >= 11 is 0. The van der Waals surface area contributed by atoms with Gasteiger partial charge in [0.1, 0.15) is 0 Å². The molecule has 0 bridgehead atoms. The lowest BCUT2D eigenvalue weighted by molar-refractivity contribution is 0.837. The fourth-order valence-corrected chi connectivity index (χ4v) is 3.14. The van der Waals surface area contributed by atoms with Crippen LogP contribution in [0.2, 0.25) is 0 Å². The highest BCUT2D eigenvalue weighted by molar-refractivity contribution is 6.05. The van der Waals surface area contributed by atoms with Crippen molar-refractivity contribution >= 4 is 34.0 Å². The second kappa shape index (κ2) is 6.48. The van der Waals surface area contributed by atoms with Crippen LogP contribution < -0.4 is 0 Å². The molecule has 0 aliphatic rings. The van der Waals surface area contributed by atoms with Gasteiger partial charge in [-0.2, -0.15) is 0 Å². The molecule has 0 aliphatic carbocycles. The molecule has 2 nitrogen and oxygen atoms in total. The molecule has 0 radical (unpaired) electrons. The van der Waals surface area contributed by atoms with Gasteiger partial charge in [0.05, 0.1) is 16.7 Å². The number of aromatic nitrogens is 2. The van der Waals surface area contributed by atoms with Crippen LogP contribution in [0.4, 0.5) is 0 Å². The summed E-state index contributed by atoms with van der Waals surface area (Å²) in [6.07, 6.45) is 6.12. The van der Waals surface area contributed by atoms with Gasteiger partial charge in [-0.25, -0.2) is 0 Å². The largest absolute Gasteiger partial charge is 0.254 e. The van der Waals surface area contributed by atoms with Crippen LogP contribution in [0.3, 0.4) is 0 Å². The van der Waals surface area contributed by atoms with Crippen molar-refractivity contribution in [3.05, 3.63) is 83.7 Å². The summed E-state index contributed by atoms with van der Waals surface area (Å²) in [7, 11) is 0. The Kier molecular flexibility index (Phi) is 4.02. The molecule has 0 atom stereocenters. The first-order valence-electron chi connectivity index (χ1n) is 8.64. The molecule has 0 saturated heterocycles. The van der Waals surface area contributed by atoms with Gasteiger partial charge in [-0.1, -0.05) is 74.5 Å². The van der Waals surface area contributed by atoms with Crippen molar-refractivity contribution in [2.75, 3.05) is 0 Å². The molecule has 4 aromatic rings. The molecule has 2 heteroatoms. The Balaban J connectivity index is 1.85. The maximum absolute atomic E-state index is 4.92. The van der Waals surface area contributed by atoms with Crippen molar-refractivity contribution in [2.24, 2.45) is 0 Å². The molecule has 0 N–H and O–H groups in total. The van der Waals surface area contributed by atoms with E-state index in [2.05, 4.69) is 79.5 Å². The topological polar surface area (TPSA) is 25.8 Å². The molecule has 2 aromatic carbocycles. The van der Waals surface area contributed by atoms with Crippen molar-refractivity contribution in [3.63, 3.8) is 0 Å². The molecular formula is C23H20N2. The highest BCUT2D eigenvalue weighted by Crippen LogP contribution is 2.29. The Morgan fingerprint density at radius 2 is 1.60 bits per heavy atom. The first-order valence-corrected chi connectivity index (χ1v) is 8.64. The van der Waals surface area contributed by atoms with Crippen LogP contribution in [0.5, 0.6) is 0 Å². The molecule has 0 saturated carbocycles. The summed E-state index contributed by atoms with van der Waals surface area (Å²) in [5.74, 6) is 0.338. The fourth-order valence-electron chi connectivity index (χ4n) is 3.14. The average molecular weight is 324 g/mol. The third-order valence-electron chi connectivity index (χ3n) is 4.42. The van der Waals surface area contributed by atoms with E-state index in [1.165, 1.54) is 10.9 Å². The van der Waals surface area contributed by atoms with Gasteiger partial charge in [0.15, 0.2) is 0 Å². The molecule has 0 aliphatic heterocycles. The molecule has 0 spiro atoms. The monoisotopic (exact) mass is 324 g/mol. The molecule has 0 unspecified atom stereocenters. The Bertz CT molecular complexity index is 1060. The summed E-state index contributed by atoms with van der Waals surface area (Å²) in [5, 5.41) is 2.33. The predicted molar refractivity (Wildman–Crippen MR) is 107 cm³/mol. The number of fused-ring (bicyclic) bond motifs is 3. The maximum Gasteiger partial charge on any atom is 0.0926 e. The summed E-state index contributed by atoms with van der Waals surface area (Å²) in [6.45, 7) is 4.34. The molecule has 0 amide bonds. The molecular weight excluding hydrogens is 304 g/mol. The normalized spacial score (nSPS) is 11.8. The van der Waals surface area contributed by atoms with Crippen molar-refractivity contribution in [1.82, 2.24) is 9.97 Å². The van der Waals surface area contributed by atoms with Crippen LogP contribution in [-0.2, 0) is 0 Å². The summed E-state index contributed by atoms with van der Waals surface area (Å²) in [6, 6.07) is 20.9. The summed E-state index contributed by atoms with van der Waals surface area (Å²) in [4.78, 5) is 9.50. The fraction of sp³-hybridized carbons (Fsp3) is 0.130. The van der Waals surface area contributed by atoms with Crippen LogP contribution in [0.15, 0.2) is 66.9 Å². The molecule has 0 fully saturated rings. The number of hydrogen-bond donors (Lipinski definition) is 0. The molecule has 25 heavy (non-hydrogen) atoms. The van der Waals surface area contributed by atoms with Gasteiger partial charge >= 0.3 is 0 Å². The van der Waals surface area contributed by atoms with Gasteiger partial charge in [-0.15, -0.1) is 0 Å². The minimum absolute atomic E-state index is 0.338. The van der Waals surface area contributed by atoms with Crippen LogP contribution >= 0.6 is 0 Å². The highest BCUT2D eigenvalue weighted by atomic mass is 14.8. The number of pyridine rings is 2. The minimum Gasteiger partial charge on any atom is -0.254 e. The second-order valence-corrected chi connectivity index (χ2v) is 6.57. The van der Waals surface area contributed by atoms with Gasteiger partial charge in [0.2, 0.25) is 0 Å². The lowest BCUT2D eigenvalue weighted by Gasteiger charge is -2.11. The van der Waals surface area contributed by atoms with Crippen LogP contribution in [0, 0.1) is 0 Å². The van der Waals surface area contributed by atoms with E-state index in [0.717, 1.165) is 27.7 Å². The van der Waals surface area contributed by atoms with Crippen molar-refractivity contribution in [2.45, 2.75) is 19.8 Å². The number of benzene rings is 2. The van der Waals surface area contributed by atoms with E-state index < -0.39 is 0 Å². The van der Waals surface area contributed by atoms with Crippen molar-refractivity contribution in [3.8, 4) is 0 Å². The Hall–Kier alpha value is -3.00. The number of rotatable bonds is 3. The lowest BCUT2D eigenvalue weighted by atomic mass is 10.0. The van der Waals surface area contributed by atoms with Gasteiger partial charge in [0.25, 0.3) is 0 Å². The second-order valence-electron chi connectivity index (χ2n) is 6.57.